The smallest absolute Gasteiger partial charge is 0.308 e. The summed E-state index contributed by atoms with van der Waals surface area (Å²) in [6, 6.07) is 14.8. The van der Waals surface area contributed by atoms with Crippen molar-refractivity contribution in [1.82, 2.24) is 0 Å². The molecule has 0 aliphatic rings. The summed E-state index contributed by atoms with van der Waals surface area (Å²) in [7, 11) is 1.60. The van der Waals surface area contributed by atoms with Gasteiger partial charge in [-0.05, 0) is 41.8 Å². The van der Waals surface area contributed by atoms with Gasteiger partial charge in [0.25, 0.3) is 0 Å². The van der Waals surface area contributed by atoms with E-state index in [0.29, 0.717) is 12.2 Å². The van der Waals surface area contributed by atoms with E-state index >= 15 is 0 Å². The van der Waals surface area contributed by atoms with Crippen LogP contribution in [0, 0.1) is 0 Å². The molecule has 2 aromatic rings. The Morgan fingerprint density at radius 1 is 0.960 bits per heavy atom. The number of carbonyl (C=O) groups excluding carboxylic acids is 1. The van der Waals surface area contributed by atoms with Crippen LogP contribution in [0.25, 0.3) is 0 Å². The summed E-state index contributed by atoms with van der Waals surface area (Å²) in [4.78, 5) is 22.2. The van der Waals surface area contributed by atoms with E-state index in [1.165, 1.54) is 6.92 Å². The Morgan fingerprint density at radius 2 is 1.44 bits per heavy atom. The van der Waals surface area contributed by atoms with Crippen molar-refractivity contribution < 1.29 is 24.2 Å². The number of ether oxygens (including phenoxy) is 2. The van der Waals surface area contributed by atoms with Gasteiger partial charge in [0.1, 0.15) is 11.5 Å². The van der Waals surface area contributed by atoms with Gasteiger partial charge in [-0.25, -0.2) is 0 Å². The molecule has 0 bridgehead atoms. The normalized spacial score (nSPS) is 12.9. The molecule has 0 aliphatic carbocycles. The van der Waals surface area contributed by atoms with Crippen LogP contribution in [0.3, 0.4) is 0 Å². The van der Waals surface area contributed by atoms with Crippen molar-refractivity contribution in [2.45, 2.75) is 32.1 Å². The van der Waals surface area contributed by atoms with Gasteiger partial charge < -0.3 is 14.6 Å². The Hall–Kier alpha value is -2.82. The molecule has 5 nitrogen and oxygen atoms in total. The molecule has 0 spiro atoms. The van der Waals surface area contributed by atoms with Gasteiger partial charge in [0.2, 0.25) is 0 Å². The van der Waals surface area contributed by atoms with Crippen molar-refractivity contribution in [2.24, 2.45) is 0 Å². The standard InChI is InChI=1S/C20H22O5/c1-14(21)25-18-10-6-16(7-11-18)20(2,13-12-19(22)23)15-4-8-17(24-3)9-5-15/h4-11H,12-13H2,1-3H3,(H,22,23). The number of benzene rings is 2. The first-order valence-electron chi connectivity index (χ1n) is 8.00. The molecule has 1 N–H and O–H groups in total. The van der Waals surface area contributed by atoms with Gasteiger partial charge in [-0.2, -0.15) is 0 Å². The number of esters is 1. The summed E-state index contributed by atoms with van der Waals surface area (Å²) >= 11 is 0. The summed E-state index contributed by atoms with van der Waals surface area (Å²) < 4.78 is 10.3. The molecule has 0 saturated heterocycles. The van der Waals surface area contributed by atoms with Crippen LogP contribution < -0.4 is 9.47 Å². The lowest BCUT2D eigenvalue weighted by Crippen LogP contribution is -2.25. The minimum Gasteiger partial charge on any atom is -0.497 e. The molecule has 0 amide bonds. The molecule has 0 aromatic heterocycles. The van der Waals surface area contributed by atoms with Gasteiger partial charge in [0.15, 0.2) is 0 Å². The second-order valence-corrected chi connectivity index (χ2v) is 6.07. The van der Waals surface area contributed by atoms with Crippen molar-refractivity contribution in [3.05, 3.63) is 59.7 Å². The van der Waals surface area contributed by atoms with Crippen LogP contribution in [0.5, 0.6) is 11.5 Å². The molecule has 0 aliphatic heterocycles. The zero-order valence-electron chi connectivity index (χ0n) is 14.6. The molecule has 0 heterocycles. The highest BCUT2D eigenvalue weighted by Gasteiger charge is 2.29. The van der Waals surface area contributed by atoms with Crippen molar-refractivity contribution in [3.8, 4) is 11.5 Å². The number of hydrogen-bond acceptors (Lipinski definition) is 4. The second-order valence-electron chi connectivity index (χ2n) is 6.07. The van der Waals surface area contributed by atoms with Crippen LogP contribution in [-0.2, 0) is 15.0 Å². The SMILES string of the molecule is COc1ccc(C(C)(CCC(=O)O)c2ccc(OC(C)=O)cc2)cc1. The van der Waals surface area contributed by atoms with Crippen molar-refractivity contribution in [2.75, 3.05) is 7.11 Å². The first kappa shape index (κ1) is 18.5. The van der Waals surface area contributed by atoms with E-state index in [0.717, 1.165) is 16.9 Å². The highest BCUT2D eigenvalue weighted by atomic mass is 16.5. The van der Waals surface area contributed by atoms with Gasteiger partial charge >= 0.3 is 11.9 Å². The third-order valence-electron chi connectivity index (χ3n) is 4.32. The average Bonchev–Trinajstić information content (AvgIpc) is 2.60. The second kappa shape index (κ2) is 7.83. The van der Waals surface area contributed by atoms with E-state index in [2.05, 4.69) is 0 Å². The first-order chi connectivity index (χ1) is 11.8. The first-order valence-corrected chi connectivity index (χ1v) is 8.00. The maximum absolute atomic E-state index is 11.1. The molecule has 1 unspecified atom stereocenters. The van der Waals surface area contributed by atoms with E-state index in [9.17, 15) is 9.59 Å². The number of hydrogen-bond donors (Lipinski definition) is 1. The molecule has 0 radical (unpaired) electrons. The Balaban J connectivity index is 2.39. The van der Waals surface area contributed by atoms with Crippen LogP contribution in [0.1, 0.15) is 37.8 Å². The summed E-state index contributed by atoms with van der Waals surface area (Å²) in [5.41, 5.74) is 1.46. The summed E-state index contributed by atoms with van der Waals surface area (Å²) in [6.45, 7) is 3.36. The minimum absolute atomic E-state index is 0.0498. The van der Waals surface area contributed by atoms with Gasteiger partial charge in [0, 0.05) is 18.8 Å². The third kappa shape index (κ3) is 4.59. The Bertz CT molecular complexity index is 734. The highest BCUT2D eigenvalue weighted by molar-refractivity contribution is 5.69. The predicted molar refractivity (Wildman–Crippen MR) is 94.1 cm³/mol. The molecule has 5 heteroatoms. The molecule has 2 rings (SSSR count). The predicted octanol–water partition coefficient (Wildman–Crippen LogP) is 3.79. The lowest BCUT2D eigenvalue weighted by molar-refractivity contribution is -0.137. The fraction of sp³-hybridized carbons (Fsp3) is 0.300. The minimum atomic E-state index is -0.837. The molecular formula is C20H22O5. The molecule has 0 saturated carbocycles. The van der Waals surface area contributed by atoms with Gasteiger partial charge in [-0.3, -0.25) is 9.59 Å². The fourth-order valence-corrected chi connectivity index (χ4v) is 2.83. The van der Waals surface area contributed by atoms with Crippen LogP contribution in [0.15, 0.2) is 48.5 Å². The van der Waals surface area contributed by atoms with Crippen molar-refractivity contribution in [3.63, 3.8) is 0 Å². The monoisotopic (exact) mass is 342 g/mol. The van der Waals surface area contributed by atoms with Crippen molar-refractivity contribution in [1.29, 1.82) is 0 Å². The molecule has 1 atom stereocenters. The zero-order chi connectivity index (χ0) is 18.4. The van der Waals surface area contributed by atoms with Crippen LogP contribution >= 0.6 is 0 Å². The largest absolute Gasteiger partial charge is 0.497 e. The van der Waals surface area contributed by atoms with Crippen LogP contribution in [-0.4, -0.2) is 24.2 Å². The number of aliphatic carboxylic acids is 1. The van der Waals surface area contributed by atoms with Crippen LogP contribution in [0.2, 0.25) is 0 Å². The van der Waals surface area contributed by atoms with Gasteiger partial charge in [-0.1, -0.05) is 31.2 Å². The fourth-order valence-electron chi connectivity index (χ4n) is 2.83. The van der Waals surface area contributed by atoms with Crippen LogP contribution in [0.4, 0.5) is 0 Å². The quantitative estimate of drug-likeness (QED) is 0.612. The molecule has 0 fully saturated rings. The summed E-state index contributed by atoms with van der Waals surface area (Å²) in [5, 5.41) is 9.12. The Labute approximate surface area is 147 Å². The van der Waals surface area contributed by atoms with E-state index in [-0.39, 0.29) is 12.4 Å². The Kier molecular flexibility index (Phi) is 5.80. The lowest BCUT2D eigenvalue weighted by Gasteiger charge is -2.31. The molecule has 132 valence electrons. The summed E-state index contributed by atoms with van der Waals surface area (Å²) in [5.74, 6) is -0.00563. The van der Waals surface area contributed by atoms with E-state index in [1.54, 1.807) is 19.2 Å². The van der Waals surface area contributed by atoms with Gasteiger partial charge in [-0.15, -0.1) is 0 Å². The van der Waals surface area contributed by atoms with Crippen molar-refractivity contribution >= 4 is 11.9 Å². The average molecular weight is 342 g/mol. The number of rotatable bonds is 7. The number of carbonyl (C=O) groups is 2. The molecular weight excluding hydrogens is 320 g/mol. The Morgan fingerprint density at radius 3 is 1.84 bits per heavy atom. The lowest BCUT2D eigenvalue weighted by atomic mass is 9.73. The maximum atomic E-state index is 11.1. The van der Waals surface area contributed by atoms with E-state index in [1.807, 2.05) is 43.3 Å². The molecule has 25 heavy (non-hydrogen) atoms. The maximum Gasteiger partial charge on any atom is 0.308 e. The number of methoxy groups -OCH3 is 1. The number of carboxylic acid groups (broad SMARTS) is 1. The summed E-state index contributed by atoms with van der Waals surface area (Å²) in [6.07, 6.45) is 0.496. The third-order valence-corrected chi connectivity index (χ3v) is 4.32. The van der Waals surface area contributed by atoms with Gasteiger partial charge in [0.05, 0.1) is 7.11 Å². The highest BCUT2D eigenvalue weighted by Crippen LogP contribution is 2.37. The zero-order valence-corrected chi connectivity index (χ0v) is 14.6. The van der Waals surface area contributed by atoms with E-state index < -0.39 is 11.4 Å². The molecule has 2 aromatic carbocycles. The van der Waals surface area contributed by atoms with E-state index in [4.69, 9.17) is 14.6 Å². The number of carboxylic acids is 1. The topological polar surface area (TPSA) is 72.8 Å².